The number of aromatic nitrogens is 3. The Hall–Kier alpha value is -1.33. The molecule has 1 aliphatic heterocycles. The fraction of sp³-hybridized carbons (Fsp3) is 0.500. The van der Waals surface area contributed by atoms with Crippen LogP contribution in [0.5, 0.6) is 0 Å². The molecule has 0 N–H and O–H groups in total. The summed E-state index contributed by atoms with van der Waals surface area (Å²) in [6.07, 6.45) is 3.59. The first-order valence-electron chi connectivity index (χ1n) is 6.10. The zero-order valence-corrected chi connectivity index (χ0v) is 11.1. The molecule has 5 nitrogen and oxygen atoms in total. The van der Waals surface area contributed by atoms with Gasteiger partial charge in [0.1, 0.15) is 11.3 Å². The van der Waals surface area contributed by atoms with Crippen molar-refractivity contribution in [3.05, 3.63) is 24.3 Å². The number of pyridine rings is 1. The van der Waals surface area contributed by atoms with Crippen molar-refractivity contribution in [3.63, 3.8) is 0 Å². The van der Waals surface area contributed by atoms with Gasteiger partial charge in [-0.1, -0.05) is 0 Å². The number of hydrogen-bond acceptors (Lipinski definition) is 4. The monoisotopic (exact) mass is 265 g/mol. The van der Waals surface area contributed by atoms with Gasteiger partial charge >= 0.3 is 0 Å². The van der Waals surface area contributed by atoms with Crippen molar-refractivity contribution in [2.45, 2.75) is 5.88 Å². The van der Waals surface area contributed by atoms with Gasteiger partial charge in [0, 0.05) is 32.4 Å². The summed E-state index contributed by atoms with van der Waals surface area (Å²) >= 11 is 6.01. The summed E-state index contributed by atoms with van der Waals surface area (Å²) in [7, 11) is 2.15. The highest BCUT2D eigenvalue weighted by atomic mass is 35.5. The van der Waals surface area contributed by atoms with Gasteiger partial charge in [-0.05, 0) is 13.1 Å². The largest absolute Gasteiger partial charge is 0.308 e. The minimum atomic E-state index is 0.418. The molecule has 18 heavy (non-hydrogen) atoms. The van der Waals surface area contributed by atoms with Gasteiger partial charge in [-0.2, -0.15) is 0 Å². The summed E-state index contributed by atoms with van der Waals surface area (Å²) < 4.78 is 2.15. The minimum Gasteiger partial charge on any atom is -0.308 e. The lowest BCUT2D eigenvalue weighted by Crippen LogP contribution is -2.50. The Balaban J connectivity index is 2.04. The molecule has 1 aliphatic rings. The first-order valence-corrected chi connectivity index (χ1v) is 6.64. The molecular formula is C12H16ClN5. The highest BCUT2D eigenvalue weighted by Gasteiger charge is 2.19. The maximum Gasteiger partial charge on any atom is 0.143 e. The summed E-state index contributed by atoms with van der Waals surface area (Å²) in [5.74, 6) is 1.31. The Morgan fingerprint density at radius 1 is 1.28 bits per heavy atom. The van der Waals surface area contributed by atoms with E-state index in [1.165, 1.54) is 0 Å². The SMILES string of the molecule is CN1CCN(n2c(CCl)nc3cnccc32)CC1. The van der Waals surface area contributed by atoms with E-state index in [4.69, 9.17) is 11.6 Å². The summed E-state index contributed by atoms with van der Waals surface area (Å²) in [6, 6.07) is 2.00. The molecule has 0 atom stereocenters. The molecule has 0 aliphatic carbocycles. The molecule has 0 spiro atoms. The molecular weight excluding hydrogens is 250 g/mol. The Morgan fingerprint density at radius 2 is 2.06 bits per heavy atom. The second kappa shape index (κ2) is 4.74. The second-order valence-electron chi connectivity index (χ2n) is 4.59. The fourth-order valence-corrected chi connectivity index (χ4v) is 2.54. The van der Waals surface area contributed by atoms with Crippen LogP contribution in [-0.4, -0.2) is 52.8 Å². The summed E-state index contributed by atoms with van der Waals surface area (Å²) in [6.45, 7) is 4.11. The molecule has 96 valence electrons. The van der Waals surface area contributed by atoms with Crippen LogP contribution in [-0.2, 0) is 5.88 Å². The molecule has 0 amide bonds. The van der Waals surface area contributed by atoms with Crippen LogP contribution in [0, 0.1) is 0 Å². The van der Waals surface area contributed by atoms with Crippen LogP contribution < -0.4 is 5.01 Å². The number of halogens is 1. The molecule has 1 fully saturated rings. The third kappa shape index (κ3) is 1.93. The average Bonchev–Trinajstić information content (AvgIpc) is 2.78. The van der Waals surface area contributed by atoms with E-state index in [2.05, 4.69) is 31.6 Å². The van der Waals surface area contributed by atoms with E-state index in [0.717, 1.165) is 43.0 Å². The summed E-state index contributed by atoms with van der Waals surface area (Å²) in [4.78, 5) is 11.0. The van der Waals surface area contributed by atoms with Crippen molar-refractivity contribution in [3.8, 4) is 0 Å². The molecule has 3 heterocycles. The second-order valence-corrected chi connectivity index (χ2v) is 4.86. The van der Waals surface area contributed by atoms with Gasteiger partial charge in [0.25, 0.3) is 0 Å². The molecule has 0 aromatic carbocycles. The number of nitrogens with zero attached hydrogens (tertiary/aromatic N) is 5. The van der Waals surface area contributed by atoms with Crippen LogP contribution in [0.3, 0.4) is 0 Å². The van der Waals surface area contributed by atoms with Crippen molar-refractivity contribution >= 4 is 22.6 Å². The van der Waals surface area contributed by atoms with E-state index in [0.29, 0.717) is 5.88 Å². The van der Waals surface area contributed by atoms with Crippen LogP contribution in [0.1, 0.15) is 5.82 Å². The van der Waals surface area contributed by atoms with Gasteiger partial charge in [0.2, 0.25) is 0 Å². The Bertz CT molecular complexity index is 544. The maximum atomic E-state index is 6.01. The first-order chi connectivity index (χ1) is 8.79. The van der Waals surface area contributed by atoms with Crippen molar-refractivity contribution in [1.29, 1.82) is 0 Å². The van der Waals surface area contributed by atoms with Crippen LogP contribution in [0.15, 0.2) is 18.5 Å². The first kappa shape index (κ1) is 11.7. The van der Waals surface area contributed by atoms with Gasteiger partial charge in [-0.3, -0.25) is 4.98 Å². The van der Waals surface area contributed by atoms with Crippen molar-refractivity contribution in [2.75, 3.05) is 38.2 Å². The number of rotatable bonds is 2. The standard InChI is InChI=1S/C12H16ClN5/c1-16-4-6-17(7-5-16)18-11-2-3-14-9-10(11)15-12(18)8-13/h2-3,9H,4-8H2,1H3. The van der Waals surface area contributed by atoms with Crippen LogP contribution in [0.4, 0.5) is 0 Å². The Morgan fingerprint density at radius 3 is 2.78 bits per heavy atom. The number of piperazine rings is 1. The summed E-state index contributed by atoms with van der Waals surface area (Å²) in [5, 5.41) is 2.31. The highest BCUT2D eigenvalue weighted by molar-refractivity contribution is 6.16. The topological polar surface area (TPSA) is 37.2 Å². The van der Waals surface area contributed by atoms with Crippen LogP contribution in [0.2, 0.25) is 0 Å². The quantitative estimate of drug-likeness (QED) is 0.761. The van der Waals surface area contributed by atoms with Crippen LogP contribution >= 0.6 is 11.6 Å². The van der Waals surface area contributed by atoms with Gasteiger partial charge in [-0.15, -0.1) is 11.6 Å². The van der Waals surface area contributed by atoms with E-state index in [1.54, 1.807) is 12.4 Å². The maximum absolute atomic E-state index is 6.01. The van der Waals surface area contributed by atoms with Crippen molar-refractivity contribution in [2.24, 2.45) is 0 Å². The number of imidazole rings is 1. The number of likely N-dealkylation sites (N-methyl/N-ethyl adjacent to an activating group) is 1. The summed E-state index contributed by atoms with van der Waals surface area (Å²) in [5.41, 5.74) is 2.00. The third-order valence-electron chi connectivity index (χ3n) is 3.38. The normalized spacial score (nSPS) is 17.6. The number of fused-ring (bicyclic) bond motifs is 1. The van der Waals surface area contributed by atoms with Gasteiger partial charge in [0.05, 0.1) is 17.6 Å². The van der Waals surface area contributed by atoms with Gasteiger partial charge in [-0.25, -0.2) is 9.66 Å². The van der Waals surface area contributed by atoms with Gasteiger partial charge in [0.15, 0.2) is 0 Å². The van der Waals surface area contributed by atoms with Crippen molar-refractivity contribution in [1.82, 2.24) is 19.5 Å². The predicted molar refractivity (Wildman–Crippen MR) is 72.5 cm³/mol. The fourth-order valence-electron chi connectivity index (χ4n) is 2.37. The lowest BCUT2D eigenvalue weighted by atomic mass is 10.4. The molecule has 0 radical (unpaired) electrons. The van der Waals surface area contributed by atoms with E-state index < -0.39 is 0 Å². The average molecular weight is 266 g/mol. The van der Waals surface area contributed by atoms with E-state index in [-0.39, 0.29) is 0 Å². The van der Waals surface area contributed by atoms with Gasteiger partial charge < -0.3 is 9.91 Å². The highest BCUT2D eigenvalue weighted by Crippen LogP contribution is 2.17. The Kier molecular flexibility index (Phi) is 3.09. The predicted octanol–water partition coefficient (Wildman–Crippen LogP) is 1.05. The van der Waals surface area contributed by atoms with Crippen molar-refractivity contribution < 1.29 is 0 Å². The molecule has 2 aromatic rings. The Labute approximate surface area is 111 Å². The number of hydrogen-bond donors (Lipinski definition) is 0. The molecule has 6 heteroatoms. The van der Waals surface area contributed by atoms with E-state index >= 15 is 0 Å². The molecule has 0 bridgehead atoms. The smallest absolute Gasteiger partial charge is 0.143 e. The zero-order chi connectivity index (χ0) is 12.5. The zero-order valence-electron chi connectivity index (χ0n) is 10.4. The molecule has 0 unspecified atom stereocenters. The lowest BCUT2D eigenvalue weighted by Gasteiger charge is -2.35. The van der Waals surface area contributed by atoms with E-state index in [1.807, 2.05) is 6.07 Å². The van der Waals surface area contributed by atoms with E-state index in [9.17, 15) is 0 Å². The molecule has 2 aromatic heterocycles. The van der Waals surface area contributed by atoms with Crippen LogP contribution in [0.25, 0.3) is 11.0 Å². The molecule has 3 rings (SSSR count). The number of alkyl halides is 1. The lowest BCUT2D eigenvalue weighted by molar-refractivity contribution is 0.288. The minimum absolute atomic E-state index is 0.418. The third-order valence-corrected chi connectivity index (χ3v) is 3.62. The molecule has 0 saturated carbocycles. The molecule has 1 saturated heterocycles.